The second-order valence-electron chi connectivity index (χ2n) is 3.82. The molecular formula is C13H10NO6-. The Morgan fingerprint density at radius 1 is 1.30 bits per heavy atom. The van der Waals surface area contributed by atoms with Gasteiger partial charge in [-0.3, -0.25) is 4.79 Å². The molecule has 0 saturated carbocycles. The molecule has 2 rings (SSSR count). The normalized spacial score (nSPS) is 10.2. The van der Waals surface area contributed by atoms with Crippen molar-refractivity contribution in [1.29, 1.82) is 0 Å². The van der Waals surface area contributed by atoms with Crippen LogP contribution in [-0.4, -0.2) is 17.7 Å². The summed E-state index contributed by atoms with van der Waals surface area (Å²) >= 11 is 0. The largest absolute Gasteiger partial charge is 0.872 e. The van der Waals surface area contributed by atoms with Crippen LogP contribution < -0.4 is 16.2 Å². The quantitative estimate of drug-likeness (QED) is 0.635. The Kier molecular flexibility index (Phi) is 3.69. The van der Waals surface area contributed by atoms with E-state index in [1.165, 1.54) is 24.3 Å². The van der Waals surface area contributed by atoms with Gasteiger partial charge in [0.25, 0.3) is 5.43 Å². The third-order valence-corrected chi connectivity index (χ3v) is 2.53. The van der Waals surface area contributed by atoms with E-state index in [0.717, 1.165) is 0 Å². The monoisotopic (exact) mass is 276 g/mol. The van der Waals surface area contributed by atoms with Crippen LogP contribution in [0.5, 0.6) is 5.75 Å². The molecule has 104 valence electrons. The minimum Gasteiger partial charge on any atom is -0.872 e. The second kappa shape index (κ2) is 5.43. The van der Waals surface area contributed by atoms with Crippen molar-refractivity contribution >= 4 is 5.97 Å². The lowest BCUT2D eigenvalue weighted by molar-refractivity contribution is -0.268. The Bertz CT molecular complexity index is 741. The topological polar surface area (TPSA) is 112 Å². The number of rotatable bonds is 3. The first-order chi connectivity index (χ1) is 9.54. The van der Waals surface area contributed by atoms with Crippen molar-refractivity contribution in [2.24, 2.45) is 0 Å². The molecule has 1 heterocycles. The highest BCUT2D eigenvalue weighted by Crippen LogP contribution is 2.20. The van der Waals surface area contributed by atoms with Gasteiger partial charge in [-0.1, -0.05) is 24.3 Å². The van der Waals surface area contributed by atoms with Crippen LogP contribution in [0.4, 0.5) is 0 Å². The molecule has 7 nitrogen and oxygen atoms in total. The maximum atomic E-state index is 11.9. The third kappa shape index (κ3) is 2.46. The van der Waals surface area contributed by atoms with Gasteiger partial charge in [0.2, 0.25) is 0 Å². The summed E-state index contributed by atoms with van der Waals surface area (Å²) in [5.74, 6) is -1.08. The molecule has 0 bridgehead atoms. The number of aromatic amines is 1. The highest BCUT2D eigenvalue weighted by molar-refractivity contribution is 5.94. The first-order valence-corrected chi connectivity index (χ1v) is 5.75. The highest BCUT2D eigenvalue weighted by Gasteiger charge is 2.20. The van der Waals surface area contributed by atoms with Gasteiger partial charge in [-0.15, -0.1) is 5.75 Å². The summed E-state index contributed by atoms with van der Waals surface area (Å²) in [7, 11) is 0. The van der Waals surface area contributed by atoms with E-state index >= 15 is 0 Å². The van der Waals surface area contributed by atoms with E-state index in [1.54, 1.807) is 6.92 Å². The van der Waals surface area contributed by atoms with E-state index in [0.29, 0.717) is 0 Å². The summed E-state index contributed by atoms with van der Waals surface area (Å²) in [6, 6.07) is 5.13. The fraction of sp³-hybridized carbons (Fsp3) is 0.154. The summed E-state index contributed by atoms with van der Waals surface area (Å²) in [6.45, 7) is 1.69. The molecule has 2 aromatic rings. The second-order valence-corrected chi connectivity index (χ2v) is 3.82. The van der Waals surface area contributed by atoms with E-state index in [2.05, 4.69) is 9.68 Å². The van der Waals surface area contributed by atoms with Crippen LogP contribution >= 0.6 is 0 Å². The lowest BCUT2D eigenvalue weighted by Crippen LogP contribution is -2.28. The minimum absolute atomic E-state index is 0.0962. The first-order valence-electron chi connectivity index (χ1n) is 5.75. The van der Waals surface area contributed by atoms with Gasteiger partial charge in [-0.25, -0.2) is 14.7 Å². The maximum absolute atomic E-state index is 11.9. The number of carbonyl (C=O) groups is 1. The fourth-order valence-electron chi connectivity index (χ4n) is 1.65. The third-order valence-electron chi connectivity index (χ3n) is 2.53. The minimum atomic E-state index is -1.14. The van der Waals surface area contributed by atoms with Crippen molar-refractivity contribution in [3.63, 3.8) is 0 Å². The molecule has 1 aromatic heterocycles. The number of H-pyrrole nitrogens is 1. The molecule has 0 fully saturated rings. The van der Waals surface area contributed by atoms with Gasteiger partial charge in [-0.2, -0.15) is 0 Å². The van der Waals surface area contributed by atoms with E-state index in [-0.39, 0.29) is 29.2 Å². The lowest BCUT2D eigenvalue weighted by atomic mass is 10.0. The first kappa shape index (κ1) is 13.6. The van der Waals surface area contributed by atoms with E-state index in [9.17, 15) is 19.5 Å². The molecule has 0 spiro atoms. The fourth-order valence-corrected chi connectivity index (χ4v) is 1.65. The van der Waals surface area contributed by atoms with E-state index < -0.39 is 17.0 Å². The SMILES string of the molecule is CCOC(=O)c1[nH]oc(=O)c(=O)c1-c1ccc([O-])cc1. The number of ether oxygens (including phenoxy) is 1. The molecule has 0 atom stereocenters. The molecule has 0 radical (unpaired) electrons. The Hall–Kier alpha value is -2.83. The molecule has 0 aliphatic carbocycles. The zero-order chi connectivity index (χ0) is 14.7. The summed E-state index contributed by atoms with van der Waals surface area (Å²) in [5.41, 5.74) is -2.32. The number of nitrogens with one attached hydrogen (secondary N) is 1. The summed E-state index contributed by atoms with van der Waals surface area (Å²) in [4.78, 5) is 34.9. The van der Waals surface area contributed by atoms with Crippen molar-refractivity contribution in [3.05, 3.63) is 50.6 Å². The molecule has 0 amide bonds. The average Bonchev–Trinajstić information content (AvgIpc) is 2.43. The molecule has 1 N–H and O–H groups in total. The van der Waals surface area contributed by atoms with Crippen molar-refractivity contribution in [1.82, 2.24) is 5.16 Å². The van der Waals surface area contributed by atoms with Crippen LogP contribution in [-0.2, 0) is 4.74 Å². The summed E-state index contributed by atoms with van der Waals surface area (Å²) in [5, 5.41) is 13.2. The Balaban J connectivity index is 2.69. The number of benzene rings is 1. The van der Waals surface area contributed by atoms with Crippen LogP contribution in [0.3, 0.4) is 0 Å². The molecule has 7 heteroatoms. The molecule has 0 saturated heterocycles. The Labute approximate surface area is 112 Å². The molecular weight excluding hydrogens is 266 g/mol. The van der Waals surface area contributed by atoms with Crippen LogP contribution in [0.2, 0.25) is 0 Å². The smallest absolute Gasteiger partial charge is 0.403 e. The molecule has 1 aromatic carbocycles. The lowest BCUT2D eigenvalue weighted by Gasteiger charge is -2.09. The van der Waals surface area contributed by atoms with E-state index in [4.69, 9.17) is 4.74 Å². The van der Waals surface area contributed by atoms with Gasteiger partial charge >= 0.3 is 11.6 Å². The summed E-state index contributed by atoms with van der Waals surface area (Å²) < 4.78 is 9.16. The van der Waals surface area contributed by atoms with Gasteiger partial charge < -0.3 is 14.4 Å². The van der Waals surface area contributed by atoms with Crippen LogP contribution in [0.25, 0.3) is 11.1 Å². The number of esters is 1. The van der Waals surface area contributed by atoms with Crippen molar-refractivity contribution in [2.45, 2.75) is 6.92 Å². The van der Waals surface area contributed by atoms with Crippen LogP contribution in [0, 0.1) is 0 Å². The number of carbonyl (C=O) groups excluding carboxylic acids is 1. The highest BCUT2D eigenvalue weighted by atomic mass is 16.5. The van der Waals surface area contributed by atoms with Gasteiger partial charge in [-0.05, 0) is 12.5 Å². The van der Waals surface area contributed by atoms with Crippen molar-refractivity contribution < 1.29 is 19.2 Å². The van der Waals surface area contributed by atoms with Gasteiger partial charge in [0.05, 0.1) is 12.2 Å². The standard InChI is InChI=1S/C13H11NO6/c1-2-19-12(17)10-9(11(16)13(18)20-14-10)7-3-5-8(15)6-4-7/h3-6,14-15H,2H2,1H3/p-1. The molecule has 0 aliphatic rings. The molecule has 20 heavy (non-hydrogen) atoms. The predicted molar refractivity (Wildman–Crippen MR) is 66.4 cm³/mol. The Morgan fingerprint density at radius 2 is 1.95 bits per heavy atom. The molecule has 0 aliphatic heterocycles. The van der Waals surface area contributed by atoms with Gasteiger partial charge in [0.15, 0.2) is 5.69 Å². The van der Waals surface area contributed by atoms with Crippen LogP contribution in [0.1, 0.15) is 17.4 Å². The van der Waals surface area contributed by atoms with Crippen molar-refractivity contribution in [3.8, 4) is 16.9 Å². The van der Waals surface area contributed by atoms with Crippen molar-refractivity contribution in [2.75, 3.05) is 6.61 Å². The maximum Gasteiger partial charge on any atom is 0.403 e. The zero-order valence-electron chi connectivity index (χ0n) is 10.5. The number of hydrogen-bond acceptors (Lipinski definition) is 6. The van der Waals surface area contributed by atoms with Crippen LogP contribution in [0.15, 0.2) is 38.4 Å². The van der Waals surface area contributed by atoms with Gasteiger partial charge in [0, 0.05) is 0 Å². The summed E-state index contributed by atoms with van der Waals surface area (Å²) in [6.07, 6.45) is 0. The van der Waals surface area contributed by atoms with Gasteiger partial charge in [0.1, 0.15) is 0 Å². The molecule has 0 unspecified atom stereocenters. The predicted octanol–water partition coefficient (Wildman–Crippen LogP) is 0.245. The van der Waals surface area contributed by atoms with E-state index in [1.807, 2.05) is 0 Å². The Morgan fingerprint density at radius 3 is 2.55 bits per heavy atom. The average molecular weight is 276 g/mol. The number of hydrogen-bond donors (Lipinski definition) is 1. The number of aromatic nitrogens is 1. The zero-order valence-corrected chi connectivity index (χ0v) is 10.5.